The van der Waals surface area contributed by atoms with E-state index in [2.05, 4.69) is 11.8 Å². The lowest BCUT2D eigenvalue weighted by molar-refractivity contribution is 0.458. The Bertz CT molecular complexity index is 452. The van der Waals surface area contributed by atoms with Gasteiger partial charge in [0.05, 0.1) is 0 Å². The SMILES string of the molecule is Cc1nc(N2CCCCC2)nc2c1CC(CN)CC2. The summed E-state index contributed by atoms with van der Waals surface area (Å²) in [4.78, 5) is 11.9. The summed E-state index contributed by atoms with van der Waals surface area (Å²) >= 11 is 0. The van der Waals surface area contributed by atoms with Crippen LogP contribution in [-0.2, 0) is 12.8 Å². The van der Waals surface area contributed by atoms with Crippen LogP contribution >= 0.6 is 0 Å². The Balaban J connectivity index is 1.87. The van der Waals surface area contributed by atoms with Gasteiger partial charge in [-0.25, -0.2) is 9.97 Å². The summed E-state index contributed by atoms with van der Waals surface area (Å²) in [5.41, 5.74) is 9.62. The van der Waals surface area contributed by atoms with Crippen molar-refractivity contribution < 1.29 is 0 Å². The minimum absolute atomic E-state index is 0.621. The van der Waals surface area contributed by atoms with Gasteiger partial charge in [-0.2, -0.15) is 0 Å². The molecule has 0 saturated carbocycles. The second-order valence-electron chi connectivity index (χ2n) is 5.93. The molecule has 1 fully saturated rings. The molecule has 2 heterocycles. The molecular formula is C15H24N4. The Morgan fingerprint density at radius 1 is 1.21 bits per heavy atom. The van der Waals surface area contributed by atoms with Gasteiger partial charge >= 0.3 is 0 Å². The lowest BCUT2D eigenvalue weighted by Crippen LogP contribution is -2.32. The third kappa shape index (κ3) is 2.59. The summed E-state index contributed by atoms with van der Waals surface area (Å²) < 4.78 is 0. The first-order valence-corrected chi connectivity index (χ1v) is 7.59. The summed E-state index contributed by atoms with van der Waals surface area (Å²) in [7, 11) is 0. The predicted octanol–water partition coefficient (Wildman–Crippen LogP) is 1.84. The van der Waals surface area contributed by atoms with E-state index < -0.39 is 0 Å². The van der Waals surface area contributed by atoms with Crippen LogP contribution in [0.4, 0.5) is 5.95 Å². The smallest absolute Gasteiger partial charge is 0.225 e. The maximum atomic E-state index is 5.81. The van der Waals surface area contributed by atoms with Crippen LogP contribution in [0.15, 0.2) is 0 Å². The van der Waals surface area contributed by atoms with E-state index in [0.717, 1.165) is 38.4 Å². The Hall–Kier alpha value is -1.16. The molecule has 4 nitrogen and oxygen atoms in total. The lowest BCUT2D eigenvalue weighted by atomic mass is 9.86. The second-order valence-corrected chi connectivity index (χ2v) is 5.93. The molecule has 1 atom stereocenters. The normalized spacial score (nSPS) is 23.3. The van der Waals surface area contributed by atoms with Crippen LogP contribution in [0.5, 0.6) is 0 Å². The van der Waals surface area contributed by atoms with Gasteiger partial charge in [0.2, 0.25) is 5.95 Å². The van der Waals surface area contributed by atoms with Crippen LogP contribution in [0.2, 0.25) is 0 Å². The number of piperidine rings is 1. The van der Waals surface area contributed by atoms with Crippen LogP contribution in [0.3, 0.4) is 0 Å². The molecule has 1 unspecified atom stereocenters. The van der Waals surface area contributed by atoms with Gasteiger partial charge in [-0.05, 0) is 63.5 Å². The topological polar surface area (TPSA) is 55.0 Å². The number of hydrogen-bond donors (Lipinski definition) is 1. The first-order valence-electron chi connectivity index (χ1n) is 7.59. The zero-order chi connectivity index (χ0) is 13.2. The first-order chi connectivity index (χ1) is 9.28. The first kappa shape index (κ1) is 12.9. The maximum Gasteiger partial charge on any atom is 0.225 e. The van der Waals surface area contributed by atoms with Crippen molar-refractivity contribution in [3.63, 3.8) is 0 Å². The molecule has 0 amide bonds. The molecule has 4 heteroatoms. The van der Waals surface area contributed by atoms with E-state index in [1.54, 1.807) is 0 Å². The molecule has 2 aliphatic rings. The molecule has 0 spiro atoms. The molecule has 3 rings (SSSR count). The molecule has 2 N–H and O–H groups in total. The molecule has 104 valence electrons. The molecular weight excluding hydrogens is 236 g/mol. The van der Waals surface area contributed by atoms with Gasteiger partial charge in [0.25, 0.3) is 0 Å². The number of anilines is 1. The van der Waals surface area contributed by atoms with Crippen LogP contribution in [-0.4, -0.2) is 29.6 Å². The van der Waals surface area contributed by atoms with Crippen molar-refractivity contribution in [2.75, 3.05) is 24.5 Å². The van der Waals surface area contributed by atoms with Crippen molar-refractivity contribution in [1.82, 2.24) is 9.97 Å². The lowest BCUT2D eigenvalue weighted by Gasteiger charge is -2.29. The highest BCUT2D eigenvalue weighted by atomic mass is 15.3. The minimum Gasteiger partial charge on any atom is -0.341 e. The van der Waals surface area contributed by atoms with Gasteiger partial charge in [-0.3, -0.25) is 0 Å². The molecule has 1 saturated heterocycles. The molecule has 1 aliphatic heterocycles. The standard InChI is InChI=1S/C15H24N4/c1-11-13-9-12(10-16)5-6-14(13)18-15(17-11)19-7-3-2-4-8-19/h12H,2-10,16H2,1H3. The Morgan fingerprint density at radius 2 is 2.00 bits per heavy atom. The molecule has 1 aromatic rings. The summed E-state index contributed by atoms with van der Waals surface area (Å²) in [6.45, 7) is 5.15. The van der Waals surface area contributed by atoms with Gasteiger partial charge in [0, 0.05) is 24.5 Å². The van der Waals surface area contributed by atoms with Crippen molar-refractivity contribution in [2.45, 2.75) is 45.4 Å². The predicted molar refractivity (Wildman–Crippen MR) is 77.4 cm³/mol. The highest BCUT2D eigenvalue weighted by Gasteiger charge is 2.23. The number of fused-ring (bicyclic) bond motifs is 1. The van der Waals surface area contributed by atoms with Crippen molar-refractivity contribution in [1.29, 1.82) is 0 Å². The van der Waals surface area contributed by atoms with Crippen molar-refractivity contribution in [3.05, 3.63) is 17.0 Å². The van der Waals surface area contributed by atoms with Gasteiger partial charge in [-0.1, -0.05) is 0 Å². The fraction of sp³-hybridized carbons (Fsp3) is 0.733. The fourth-order valence-corrected chi connectivity index (χ4v) is 3.28. The van der Waals surface area contributed by atoms with Crippen LogP contribution in [0.25, 0.3) is 0 Å². The molecule has 1 aliphatic carbocycles. The number of aryl methyl sites for hydroxylation is 2. The summed E-state index contributed by atoms with van der Waals surface area (Å²) in [5.74, 6) is 1.58. The van der Waals surface area contributed by atoms with Gasteiger partial charge in [0.1, 0.15) is 0 Å². The van der Waals surface area contributed by atoms with Crippen molar-refractivity contribution in [2.24, 2.45) is 11.7 Å². The minimum atomic E-state index is 0.621. The molecule has 1 aromatic heterocycles. The third-order valence-electron chi connectivity index (χ3n) is 4.54. The van der Waals surface area contributed by atoms with E-state index in [-0.39, 0.29) is 0 Å². The van der Waals surface area contributed by atoms with Crippen molar-refractivity contribution in [3.8, 4) is 0 Å². The summed E-state index contributed by atoms with van der Waals surface area (Å²) in [6.07, 6.45) is 7.21. The number of nitrogens with two attached hydrogens (primary N) is 1. The van der Waals surface area contributed by atoms with E-state index in [1.807, 2.05) is 0 Å². The Morgan fingerprint density at radius 3 is 2.74 bits per heavy atom. The quantitative estimate of drug-likeness (QED) is 0.881. The van der Waals surface area contributed by atoms with E-state index in [0.29, 0.717) is 5.92 Å². The zero-order valence-electron chi connectivity index (χ0n) is 11.9. The Kier molecular flexibility index (Phi) is 3.69. The number of rotatable bonds is 2. The highest BCUT2D eigenvalue weighted by molar-refractivity contribution is 5.38. The molecule has 0 radical (unpaired) electrons. The Labute approximate surface area is 115 Å². The third-order valence-corrected chi connectivity index (χ3v) is 4.54. The van der Waals surface area contributed by atoms with Gasteiger partial charge in [-0.15, -0.1) is 0 Å². The number of hydrogen-bond acceptors (Lipinski definition) is 4. The monoisotopic (exact) mass is 260 g/mol. The van der Waals surface area contributed by atoms with E-state index in [9.17, 15) is 0 Å². The van der Waals surface area contributed by atoms with E-state index in [4.69, 9.17) is 15.7 Å². The van der Waals surface area contributed by atoms with E-state index in [1.165, 1.54) is 42.6 Å². The fourth-order valence-electron chi connectivity index (χ4n) is 3.28. The molecule has 0 bridgehead atoms. The average Bonchev–Trinajstić information content (AvgIpc) is 2.48. The van der Waals surface area contributed by atoms with Gasteiger partial charge in [0.15, 0.2) is 0 Å². The van der Waals surface area contributed by atoms with E-state index >= 15 is 0 Å². The van der Waals surface area contributed by atoms with Crippen LogP contribution < -0.4 is 10.6 Å². The average molecular weight is 260 g/mol. The highest BCUT2D eigenvalue weighted by Crippen LogP contribution is 2.27. The number of nitrogens with zero attached hydrogens (tertiary/aromatic N) is 3. The van der Waals surface area contributed by atoms with Crippen LogP contribution in [0, 0.1) is 12.8 Å². The maximum absolute atomic E-state index is 5.81. The van der Waals surface area contributed by atoms with Crippen molar-refractivity contribution >= 4 is 5.95 Å². The number of aromatic nitrogens is 2. The van der Waals surface area contributed by atoms with Crippen LogP contribution in [0.1, 0.15) is 42.6 Å². The molecule has 19 heavy (non-hydrogen) atoms. The molecule has 0 aromatic carbocycles. The summed E-state index contributed by atoms with van der Waals surface area (Å²) in [6, 6.07) is 0. The second kappa shape index (κ2) is 5.45. The largest absolute Gasteiger partial charge is 0.341 e. The van der Waals surface area contributed by atoms with Gasteiger partial charge < -0.3 is 10.6 Å². The zero-order valence-corrected chi connectivity index (χ0v) is 11.9. The summed E-state index contributed by atoms with van der Waals surface area (Å²) in [5, 5.41) is 0.